The summed E-state index contributed by atoms with van der Waals surface area (Å²) < 4.78 is 0. The minimum atomic E-state index is 0.289. The Morgan fingerprint density at radius 2 is 2.06 bits per heavy atom. The third-order valence-electron chi connectivity index (χ3n) is 3.26. The van der Waals surface area contributed by atoms with Crippen molar-refractivity contribution in [2.45, 2.75) is 19.8 Å². The predicted octanol–water partition coefficient (Wildman–Crippen LogP) is 4.97. The minimum absolute atomic E-state index is 0.289. The molecule has 0 N–H and O–H groups in total. The second-order valence-corrected chi connectivity index (χ2v) is 6.28. The van der Waals surface area contributed by atoms with Gasteiger partial charge in [-0.3, -0.25) is 4.79 Å². The van der Waals surface area contributed by atoms with Crippen molar-refractivity contribution < 1.29 is 4.79 Å². The van der Waals surface area contributed by atoms with Crippen LogP contribution in [0.2, 0.25) is 5.02 Å². The highest BCUT2D eigenvalue weighted by atomic mass is 35.5. The number of carbonyl (C=O) groups is 1. The van der Waals surface area contributed by atoms with Gasteiger partial charge in [-0.1, -0.05) is 17.7 Å². The lowest BCUT2D eigenvalue weighted by molar-refractivity contribution is 0.0971. The van der Waals surface area contributed by atoms with Gasteiger partial charge in [0.25, 0.3) is 0 Å². The Balaban J connectivity index is 1.97. The molecule has 1 fully saturated rings. The highest BCUT2D eigenvalue weighted by Crippen LogP contribution is 2.37. The van der Waals surface area contributed by atoms with Gasteiger partial charge in [-0.15, -0.1) is 11.3 Å². The lowest BCUT2D eigenvalue weighted by Gasteiger charge is -2.03. The van der Waals surface area contributed by atoms with Gasteiger partial charge in [0.2, 0.25) is 0 Å². The fourth-order valence-corrected chi connectivity index (χ4v) is 3.30. The number of ketones is 1. The van der Waals surface area contributed by atoms with Gasteiger partial charge in [0.1, 0.15) is 0 Å². The standard InChI is InChI=1S/C15H13ClOS/c1-9-2-5-11(16)8-12(9)13-6-7-14(18-13)15(17)10-3-4-10/h2,5-8,10H,3-4H2,1H3. The highest BCUT2D eigenvalue weighted by molar-refractivity contribution is 7.17. The first-order chi connectivity index (χ1) is 8.65. The van der Waals surface area contributed by atoms with Crippen LogP contribution in [-0.4, -0.2) is 5.78 Å². The molecule has 3 rings (SSSR count). The molecule has 1 saturated carbocycles. The van der Waals surface area contributed by atoms with E-state index in [0.717, 1.165) is 33.2 Å². The van der Waals surface area contributed by atoms with Crippen LogP contribution < -0.4 is 0 Å². The fourth-order valence-electron chi connectivity index (χ4n) is 2.02. The topological polar surface area (TPSA) is 17.1 Å². The van der Waals surface area contributed by atoms with Gasteiger partial charge in [-0.05, 0) is 55.2 Å². The summed E-state index contributed by atoms with van der Waals surface area (Å²) in [6.45, 7) is 2.06. The Morgan fingerprint density at radius 1 is 1.28 bits per heavy atom. The number of benzene rings is 1. The smallest absolute Gasteiger partial charge is 0.175 e. The molecule has 1 heterocycles. The summed E-state index contributed by atoms with van der Waals surface area (Å²) in [6, 6.07) is 9.85. The zero-order valence-corrected chi connectivity index (χ0v) is 11.6. The van der Waals surface area contributed by atoms with Crippen molar-refractivity contribution in [2.75, 3.05) is 0 Å². The first-order valence-electron chi connectivity index (χ1n) is 6.06. The van der Waals surface area contributed by atoms with Crippen LogP contribution in [0.15, 0.2) is 30.3 Å². The van der Waals surface area contributed by atoms with Crippen LogP contribution in [0.1, 0.15) is 28.1 Å². The van der Waals surface area contributed by atoms with Gasteiger partial charge >= 0.3 is 0 Å². The second kappa shape index (κ2) is 4.52. The highest BCUT2D eigenvalue weighted by Gasteiger charge is 2.31. The largest absolute Gasteiger partial charge is 0.293 e. The number of thiophene rings is 1. The Morgan fingerprint density at radius 3 is 2.78 bits per heavy atom. The van der Waals surface area contributed by atoms with Gasteiger partial charge < -0.3 is 0 Å². The Hall–Kier alpha value is -1.12. The number of halogens is 1. The molecule has 1 nitrogen and oxygen atoms in total. The van der Waals surface area contributed by atoms with Crippen LogP contribution in [0.25, 0.3) is 10.4 Å². The van der Waals surface area contributed by atoms with Crippen LogP contribution in [0.5, 0.6) is 0 Å². The molecule has 18 heavy (non-hydrogen) atoms. The van der Waals surface area contributed by atoms with Crippen LogP contribution in [0.4, 0.5) is 0 Å². The number of Topliss-reactive ketones (excluding diaryl/α,β-unsaturated/α-hetero) is 1. The maximum atomic E-state index is 12.0. The van der Waals surface area contributed by atoms with E-state index in [2.05, 4.69) is 6.92 Å². The molecular weight excluding hydrogens is 264 g/mol. The normalized spacial score (nSPS) is 14.8. The summed E-state index contributed by atoms with van der Waals surface area (Å²) >= 11 is 7.61. The summed E-state index contributed by atoms with van der Waals surface area (Å²) in [4.78, 5) is 14.0. The molecule has 0 saturated heterocycles. The average Bonchev–Trinajstić information content (AvgIpc) is 3.09. The molecule has 1 aromatic heterocycles. The summed E-state index contributed by atoms with van der Waals surface area (Å²) in [7, 11) is 0. The van der Waals surface area contributed by atoms with E-state index in [4.69, 9.17) is 11.6 Å². The van der Waals surface area contributed by atoms with E-state index in [-0.39, 0.29) is 5.92 Å². The molecule has 1 aliphatic rings. The van der Waals surface area contributed by atoms with E-state index in [9.17, 15) is 4.79 Å². The van der Waals surface area contributed by atoms with E-state index in [1.165, 1.54) is 5.56 Å². The quantitative estimate of drug-likeness (QED) is 0.724. The Kier molecular flexibility index (Phi) is 3.00. The molecule has 0 bridgehead atoms. The van der Waals surface area contributed by atoms with E-state index < -0.39 is 0 Å². The predicted molar refractivity (Wildman–Crippen MR) is 76.6 cm³/mol. The Bertz CT molecular complexity index is 611. The number of carbonyl (C=O) groups excluding carboxylic acids is 1. The summed E-state index contributed by atoms with van der Waals surface area (Å²) in [5, 5.41) is 0.735. The van der Waals surface area contributed by atoms with Crippen LogP contribution in [-0.2, 0) is 0 Å². The molecule has 0 aliphatic heterocycles. The molecule has 0 amide bonds. The van der Waals surface area contributed by atoms with Gasteiger partial charge in [-0.25, -0.2) is 0 Å². The third-order valence-corrected chi connectivity index (χ3v) is 4.63. The summed E-state index contributed by atoms with van der Waals surface area (Å²) in [6.07, 6.45) is 2.12. The van der Waals surface area contributed by atoms with Crippen molar-refractivity contribution in [2.24, 2.45) is 5.92 Å². The first-order valence-corrected chi connectivity index (χ1v) is 7.25. The van der Waals surface area contributed by atoms with Crippen LogP contribution in [0, 0.1) is 12.8 Å². The maximum Gasteiger partial charge on any atom is 0.175 e. The molecule has 0 radical (unpaired) electrons. The van der Waals surface area contributed by atoms with Gasteiger partial charge in [0.15, 0.2) is 5.78 Å². The molecule has 0 unspecified atom stereocenters. The van der Waals surface area contributed by atoms with E-state index in [1.807, 2.05) is 30.3 Å². The number of hydrogen-bond donors (Lipinski definition) is 0. The molecular formula is C15H13ClOS. The lowest BCUT2D eigenvalue weighted by atomic mass is 10.1. The second-order valence-electron chi connectivity index (χ2n) is 4.76. The molecule has 2 aromatic rings. The van der Waals surface area contributed by atoms with E-state index in [1.54, 1.807) is 11.3 Å². The summed E-state index contributed by atoms with van der Waals surface area (Å²) in [5.74, 6) is 0.600. The first kappa shape index (κ1) is 11.9. The van der Waals surface area contributed by atoms with Gasteiger partial charge in [-0.2, -0.15) is 0 Å². The van der Waals surface area contributed by atoms with Crippen molar-refractivity contribution in [3.05, 3.63) is 45.8 Å². The van der Waals surface area contributed by atoms with Crippen LogP contribution in [0.3, 0.4) is 0 Å². The average molecular weight is 277 g/mol. The van der Waals surface area contributed by atoms with Crippen molar-refractivity contribution in [3.63, 3.8) is 0 Å². The number of rotatable bonds is 3. The van der Waals surface area contributed by atoms with Crippen LogP contribution >= 0.6 is 22.9 Å². The monoisotopic (exact) mass is 276 g/mol. The molecule has 92 valence electrons. The molecule has 0 spiro atoms. The molecule has 1 aliphatic carbocycles. The van der Waals surface area contributed by atoms with Crippen molar-refractivity contribution in [1.82, 2.24) is 0 Å². The van der Waals surface area contributed by atoms with E-state index >= 15 is 0 Å². The lowest BCUT2D eigenvalue weighted by Crippen LogP contribution is -1.96. The van der Waals surface area contributed by atoms with Crippen molar-refractivity contribution in [1.29, 1.82) is 0 Å². The fraction of sp³-hybridized carbons (Fsp3) is 0.267. The number of hydrogen-bond acceptors (Lipinski definition) is 2. The van der Waals surface area contributed by atoms with Crippen molar-refractivity contribution >= 4 is 28.7 Å². The van der Waals surface area contributed by atoms with Crippen molar-refractivity contribution in [3.8, 4) is 10.4 Å². The maximum absolute atomic E-state index is 12.0. The summed E-state index contributed by atoms with van der Waals surface area (Å²) in [5.41, 5.74) is 2.31. The molecule has 1 aromatic carbocycles. The molecule has 0 atom stereocenters. The minimum Gasteiger partial charge on any atom is -0.293 e. The zero-order chi connectivity index (χ0) is 12.7. The molecule has 3 heteroatoms. The SMILES string of the molecule is Cc1ccc(Cl)cc1-c1ccc(C(=O)C2CC2)s1. The Labute approximate surface area is 115 Å². The van der Waals surface area contributed by atoms with Gasteiger partial charge in [0, 0.05) is 15.8 Å². The van der Waals surface area contributed by atoms with E-state index in [0.29, 0.717) is 5.78 Å². The number of aryl methyl sites for hydroxylation is 1. The van der Waals surface area contributed by atoms with Gasteiger partial charge in [0.05, 0.1) is 4.88 Å². The third kappa shape index (κ3) is 2.23. The zero-order valence-electron chi connectivity index (χ0n) is 10.1.